The molecule has 122 valence electrons. The Bertz CT molecular complexity index is 903. The molecule has 0 spiro atoms. The van der Waals surface area contributed by atoms with Crippen molar-refractivity contribution in [1.82, 2.24) is 9.66 Å². The minimum Gasteiger partial charge on any atom is -0.264 e. The summed E-state index contributed by atoms with van der Waals surface area (Å²) in [5.74, 6) is 0. The summed E-state index contributed by atoms with van der Waals surface area (Å²) in [6.07, 6.45) is 3.60. The Labute approximate surface area is 145 Å². The van der Waals surface area contributed by atoms with Gasteiger partial charge in [-0.3, -0.25) is 9.98 Å². The van der Waals surface area contributed by atoms with Gasteiger partial charge in [-0.05, 0) is 26.8 Å². The first-order chi connectivity index (χ1) is 11.7. The first-order valence-electron chi connectivity index (χ1n) is 7.93. The number of aromatic nitrogens is 2. The van der Waals surface area contributed by atoms with E-state index in [2.05, 4.69) is 46.5 Å². The Hall–Kier alpha value is -2.53. The fourth-order valence-electron chi connectivity index (χ4n) is 2.35. The smallest absolute Gasteiger partial charge is 0.206 e. The molecule has 4 nitrogen and oxygen atoms in total. The van der Waals surface area contributed by atoms with Gasteiger partial charge in [-0.25, -0.2) is 4.68 Å². The minimum atomic E-state index is 0.731. The predicted octanol–water partition coefficient (Wildman–Crippen LogP) is 4.11. The second-order valence-corrected chi connectivity index (χ2v) is 6.32. The van der Waals surface area contributed by atoms with Crippen LogP contribution >= 0.6 is 11.3 Å². The lowest BCUT2D eigenvalue weighted by Crippen LogP contribution is -2.14. The zero-order valence-corrected chi connectivity index (χ0v) is 14.9. The van der Waals surface area contributed by atoms with Crippen LogP contribution in [0, 0.1) is 6.92 Å². The summed E-state index contributed by atoms with van der Waals surface area (Å²) in [5.41, 5.74) is 5.35. The molecule has 5 heteroatoms. The summed E-state index contributed by atoms with van der Waals surface area (Å²) >= 11 is 1.61. The third kappa shape index (κ3) is 3.51. The highest BCUT2D eigenvalue weighted by Crippen LogP contribution is 2.21. The number of pyridine rings is 1. The van der Waals surface area contributed by atoms with Crippen molar-refractivity contribution in [2.45, 2.75) is 20.8 Å². The van der Waals surface area contributed by atoms with E-state index < -0.39 is 0 Å². The maximum Gasteiger partial charge on any atom is 0.206 e. The van der Waals surface area contributed by atoms with Gasteiger partial charge in [-0.1, -0.05) is 35.9 Å². The molecule has 3 aromatic rings. The standard InChI is InChI=1S/C19H20N4S/c1-4-21-19-23(22-15(3)17-6-5-11-20-12-17)18(13-24-19)16-9-7-14(2)8-10-16/h5-13H,4H2,1-3H3. The highest BCUT2D eigenvalue weighted by molar-refractivity contribution is 7.07. The molecule has 0 bridgehead atoms. The molecule has 24 heavy (non-hydrogen) atoms. The average Bonchev–Trinajstić information content (AvgIpc) is 2.99. The number of hydrogen-bond acceptors (Lipinski definition) is 4. The highest BCUT2D eigenvalue weighted by atomic mass is 32.1. The maximum absolute atomic E-state index is 4.82. The molecule has 0 saturated heterocycles. The zero-order chi connectivity index (χ0) is 16.9. The van der Waals surface area contributed by atoms with E-state index in [1.807, 2.05) is 36.9 Å². The third-order valence-electron chi connectivity index (χ3n) is 3.66. The average molecular weight is 336 g/mol. The molecule has 0 fully saturated rings. The van der Waals surface area contributed by atoms with Crippen LogP contribution in [0.1, 0.15) is 25.0 Å². The Morgan fingerprint density at radius 2 is 2.00 bits per heavy atom. The van der Waals surface area contributed by atoms with Gasteiger partial charge >= 0.3 is 0 Å². The maximum atomic E-state index is 4.82. The molecular weight excluding hydrogens is 316 g/mol. The molecule has 0 atom stereocenters. The van der Waals surface area contributed by atoms with Gasteiger partial charge in [0, 0.05) is 35.4 Å². The lowest BCUT2D eigenvalue weighted by atomic mass is 10.1. The van der Waals surface area contributed by atoms with Crippen LogP contribution in [-0.4, -0.2) is 21.9 Å². The lowest BCUT2D eigenvalue weighted by Gasteiger charge is -2.06. The van der Waals surface area contributed by atoms with Gasteiger partial charge in [-0.15, -0.1) is 11.3 Å². The first-order valence-corrected chi connectivity index (χ1v) is 8.81. The summed E-state index contributed by atoms with van der Waals surface area (Å²) in [4.78, 5) is 9.65. The summed E-state index contributed by atoms with van der Waals surface area (Å²) < 4.78 is 1.93. The first kappa shape index (κ1) is 16.3. The molecule has 0 aliphatic carbocycles. The van der Waals surface area contributed by atoms with Gasteiger partial charge in [0.15, 0.2) is 0 Å². The number of rotatable bonds is 4. The van der Waals surface area contributed by atoms with E-state index in [4.69, 9.17) is 5.10 Å². The van der Waals surface area contributed by atoms with E-state index in [9.17, 15) is 0 Å². The zero-order valence-electron chi connectivity index (χ0n) is 14.1. The van der Waals surface area contributed by atoms with Gasteiger partial charge < -0.3 is 0 Å². The van der Waals surface area contributed by atoms with E-state index >= 15 is 0 Å². The van der Waals surface area contributed by atoms with Crippen molar-refractivity contribution in [3.8, 4) is 11.3 Å². The van der Waals surface area contributed by atoms with Gasteiger partial charge in [0.2, 0.25) is 4.80 Å². The van der Waals surface area contributed by atoms with Crippen molar-refractivity contribution >= 4 is 17.0 Å². The largest absolute Gasteiger partial charge is 0.264 e. The molecule has 0 radical (unpaired) electrons. The van der Waals surface area contributed by atoms with Crippen molar-refractivity contribution in [1.29, 1.82) is 0 Å². The second kappa shape index (κ2) is 7.36. The number of aryl methyl sites for hydroxylation is 1. The highest BCUT2D eigenvalue weighted by Gasteiger charge is 2.08. The number of nitrogens with zero attached hydrogens (tertiary/aromatic N) is 4. The normalized spacial score (nSPS) is 12.6. The Kier molecular flexibility index (Phi) is 5.01. The molecule has 0 aliphatic rings. The van der Waals surface area contributed by atoms with Crippen LogP contribution < -0.4 is 4.80 Å². The van der Waals surface area contributed by atoms with Crippen LogP contribution in [0.5, 0.6) is 0 Å². The Balaban J connectivity index is 2.13. The fourth-order valence-corrected chi connectivity index (χ4v) is 3.24. The lowest BCUT2D eigenvalue weighted by molar-refractivity contribution is 0.827. The summed E-state index contributed by atoms with van der Waals surface area (Å²) in [6.45, 7) is 6.85. The van der Waals surface area contributed by atoms with Crippen LogP contribution in [0.4, 0.5) is 0 Å². The van der Waals surface area contributed by atoms with E-state index in [1.54, 1.807) is 17.5 Å². The quantitative estimate of drug-likeness (QED) is 0.661. The van der Waals surface area contributed by atoms with Crippen molar-refractivity contribution in [3.05, 3.63) is 70.1 Å². The van der Waals surface area contributed by atoms with Crippen molar-refractivity contribution in [2.24, 2.45) is 10.1 Å². The molecule has 0 aliphatic heterocycles. The van der Waals surface area contributed by atoms with Crippen LogP contribution in [-0.2, 0) is 0 Å². The van der Waals surface area contributed by atoms with Gasteiger partial charge in [0.25, 0.3) is 0 Å². The molecule has 0 amide bonds. The van der Waals surface area contributed by atoms with E-state index in [1.165, 1.54) is 5.56 Å². The van der Waals surface area contributed by atoms with Gasteiger partial charge in [0.05, 0.1) is 11.4 Å². The van der Waals surface area contributed by atoms with Crippen LogP contribution in [0.25, 0.3) is 11.3 Å². The predicted molar refractivity (Wildman–Crippen MR) is 100 cm³/mol. The second-order valence-electron chi connectivity index (χ2n) is 5.48. The van der Waals surface area contributed by atoms with Crippen LogP contribution in [0.2, 0.25) is 0 Å². The fraction of sp³-hybridized carbons (Fsp3) is 0.211. The van der Waals surface area contributed by atoms with Gasteiger partial charge in [0.1, 0.15) is 0 Å². The molecule has 0 unspecified atom stereocenters. The minimum absolute atomic E-state index is 0.731. The molecule has 2 aromatic heterocycles. The summed E-state index contributed by atoms with van der Waals surface area (Å²) in [5, 5.41) is 6.93. The monoisotopic (exact) mass is 336 g/mol. The van der Waals surface area contributed by atoms with Crippen LogP contribution in [0.15, 0.2) is 64.3 Å². The summed E-state index contributed by atoms with van der Waals surface area (Å²) in [7, 11) is 0. The number of thiazole rings is 1. The van der Waals surface area contributed by atoms with E-state index in [0.29, 0.717) is 0 Å². The SMILES string of the molecule is CCN=c1scc(-c2ccc(C)cc2)n1N=C(C)c1cccnc1. The van der Waals surface area contributed by atoms with E-state index in [0.717, 1.165) is 33.9 Å². The van der Waals surface area contributed by atoms with Crippen LogP contribution in [0.3, 0.4) is 0 Å². The molecule has 2 heterocycles. The molecule has 1 aromatic carbocycles. The number of hydrogen-bond donors (Lipinski definition) is 0. The third-order valence-corrected chi connectivity index (χ3v) is 4.51. The number of benzene rings is 1. The molecule has 0 N–H and O–H groups in total. The molecule has 3 rings (SSSR count). The molecular formula is C19H20N4S. The Morgan fingerprint density at radius 1 is 1.21 bits per heavy atom. The topological polar surface area (TPSA) is 42.5 Å². The van der Waals surface area contributed by atoms with Crippen molar-refractivity contribution in [2.75, 3.05) is 6.54 Å². The van der Waals surface area contributed by atoms with Crippen molar-refractivity contribution in [3.63, 3.8) is 0 Å². The summed E-state index contributed by atoms with van der Waals surface area (Å²) in [6, 6.07) is 12.4. The van der Waals surface area contributed by atoms with Gasteiger partial charge in [-0.2, -0.15) is 5.10 Å². The van der Waals surface area contributed by atoms with E-state index in [-0.39, 0.29) is 0 Å². The van der Waals surface area contributed by atoms with Crippen molar-refractivity contribution < 1.29 is 0 Å². The Morgan fingerprint density at radius 3 is 2.67 bits per heavy atom. The molecule has 0 saturated carbocycles.